The number of pyridine rings is 1. The number of hydrogen-bond acceptors (Lipinski definition) is 7. The molecule has 200 valence electrons. The SMILES string of the molecule is COc1ccc(S(=O)(=O)[C@@H]2C[C@@H](C(=O)NC3(C#N)CC3)N(C(=O)C3(c4ccc(Cl)cn4)CCC3)C2)c(Cl)c1. The minimum absolute atomic E-state index is 0.00244. The van der Waals surface area contributed by atoms with Crippen molar-refractivity contribution in [3.05, 3.63) is 52.3 Å². The lowest BCUT2D eigenvalue weighted by molar-refractivity contribution is -0.146. The summed E-state index contributed by atoms with van der Waals surface area (Å²) in [6, 6.07) is 8.70. The Morgan fingerprint density at radius 2 is 1.92 bits per heavy atom. The molecule has 2 atom stereocenters. The van der Waals surface area contributed by atoms with Crippen LogP contribution in [-0.2, 0) is 24.8 Å². The smallest absolute Gasteiger partial charge is 0.244 e. The summed E-state index contributed by atoms with van der Waals surface area (Å²) < 4.78 is 32.6. The summed E-state index contributed by atoms with van der Waals surface area (Å²) in [5.41, 5.74) is -1.39. The number of nitriles is 1. The third kappa shape index (κ3) is 4.51. The van der Waals surface area contributed by atoms with Gasteiger partial charge in [-0.3, -0.25) is 14.6 Å². The summed E-state index contributed by atoms with van der Waals surface area (Å²) in [5, 5.41) is 11.6. The van der Waals surface area contributed by atoms with Crippen LogP contribution in [-0.4, -0.2) is 60.6 Å². The summed E-state index contributed by atoms with van der Waals surface area (Å²) in [6.07, 6.45) is 4.22. The average molecular weight is 577 g/mol. The Morgan fingerprint density at radius 1 is 1.18 bits per heavy atom. The quantitative estimate of drug-likeness (QED) is 0.534. The standard InChI is InChI=1S/C26H26Cl2N4O5S/c1-37-17-4-5-21(19(28)11-17)38(35,36)18-12-20(23(33)31-25(15-29)9-10-25)32(14-18)24(34)26(7-2-8-26)22-6-3-16(27)13-30-22/h3-6,11,13,18,20H,2,7-10,12,14H2,1H3,(H,31,33)/t18-,20+/m1/s1. The van der Waals surface area contributed by atoms with E-state index in [1.54, 1.807) is 12.1 Å². The van der Waals surface area contributed by atoms with Crippen molar-refractivity contribution in [2.75, 3.05) is 13.7 Å². The molecule has 2 aliphatic carbocycles. The van der Waals surface area contributed by atoms with Gasteiger partial charge in [-0.05, 0) is 56.4 Å². The number of nitrogens with zero attached hydrogens (tertiary/aromatic N) is 3. The first-order valence-corrected chi connectivity index (χ1v) is 14.6. The van der Waals surface area contributed by atoms with E-state index >= 15 is 0 Å². The highest BCUT2D eigenvalue weighted by molar-refractivity contribution is 7.92. The van der Waals surface area contributed by atoms with Crippen molar-refractivity contribution < 1.29 is 22.7 Å². The van der Waals surface area contributed by atoms with Gasteiger partial charge in [-0.15, -0.1) is 0 Å². The molecule has 1 N–H and O–H groups in total. The number of rotatable bonds is 7. The van der Waals surface area contributed by atoms with E-state index in [2.05, 4.69) is 16.4 Å². The number of hydrogen-bond donors (Lipinski definition) is 1. The highest BCUT2D eigenvalue weighted by Crippen LogP contribution is 2.46. The number of amides is 2. The normalized spacial score (nSPS) is 23.2. The molecule has 38 heavy (non-hydrogen) atoms. The van der Waals surface area contributed by atoms with E-state index in [-0.39, 0.29) is 28.8 Å². The molecule has 0 spiro atoms. The second-order valence-corrected chi connectivity index (χ2v) is 13.2. The fourth-order valence-corrected chi connectivity index (χ4v) is 7.61. The van der Waals surface area contributed by atoms with E-state index in [1.165, 1.54) is 36.4 Å². The lowest BCUT2D eigenvalue weighted by Crippen LogP contribution is -2.56. The van der Waals surface area contributed by atoms with Gasteiger partial charge in [0.2, 0.25) is 11.8 Å². The molecule has 1 saturated heterocycles. The number of nitrogens with one attached hydrogen (secondary N) is 1. The molecule has 0 unspecified atom stereocenters. The van der Waals surface area contributed by atoms with E-state index in [9.17, 15) is 23.3 Å². The maximum atomic E-state index is 14.1. The van der Waals surface area contributed by atoms with Crippen molar-refractivity contribution in [2.45, 2.75) is 65.7 Å². The largest absolute Gasteiger partial charge is 0.497 e. The highest BCUT2D eigenvalue weighted by atomic mass is 35.5. The van der Waals surface area contributed by atoms with Crippen molar-refractivity contribution in [3.8, 4) is 11.8 Å². The van der Waals surface area contributed by atoms with Gasteiger partial charge < -0.3 is 15.0 Å². The third-order valence-corrected chi connectivity index (χ3v) is 10.7. The average Bonchev–Trinajstić information content (AvgIpc) is 3.48. The molecule has 2 aromatic rings. The molecule has 5 rings (SSSR count). The van der Waals surface area contributed by atoms with E-state index in [4.69, 9.17) is 27.9 Å². The van der Waals surface area contributed by atoms with Crippen molar-refractivity contribution in [3.63, 3.8) is 0 Å². The Kier molecular flexibility index (Phi) is 6.83. The molecule has 12 heteroatoms. The Morgan fingerprint density at radius 3 is 2.45 bits per heavy atom. The molecule has 3 fully saturated rings. The second kappa shape index (κ2) is 9.70. The van der Waals surface area contributed by atoms with Gasteiger partial charge in [-0.2, -0.15) is 5.26 Å². The lowest BCUT2D eigenvalue weighted by Gasteiger charge is -2.43. The first-order chi connectivity index (χ1) is 18.0. The van der Waals surface area contributed by atoms with E-state index in [0.717, 1.165) is 6.42 Å². The van der Waals surface area contributed by atoms with Crippen molar-refractivity contribution >= 4 is 44.9 Å². The van der Waals surface area contributed by atoms with Gasteiger partial charge in [-0.25, -0.2) is 8.42 Å². The summed E-state index contributed by atoms with van der Waals surface area (Å²) >= 11 is 12.3. The zero-order valence-electron chi connectivity index (χ0n) is 20.6. The van der Waals surface area contributed by atoms with Crippen LogP contribution in [0.5, 0.6) is 5.75 Å². The molecule has 2 saturated carbocycles. The van der Waals surface area contributed by atoms with Gasteiger partial charge in [0.25, 0.3) is 0 Å². The minimum atomic E-state index is -4.02. The maximum Gasteiger partial charge on any atom is 0.244 e. The molecule has 2 amide bonds. The third-order valence-electron chi connectivity index (χ3n) is 7.87. The predicted molar refractivity (Wildman–Crippen MR) is 140 cm³/mol. The van der Waals surface area contributed by atoms with Crippen molar-refractivity contribution in [1.29, 1.82) is 5.26 Å². The molecular formula is C26H26Cl2N4O5S. The molecule has 9 nitrogen and oxygen atoms in total. The number of carbonyl (C=O) groups is 2. The Bertz CT molecular complexity index is 1430. The van der Waals surface area contributed by atoms with Gasteiger partial charge in [0.1, 0.15) is 17.3 Å². The number of likely N-dealkylation sites (tertiary alicyclic amines) is 1. The summed E-state index contributed by atoms with van der Waals surface area (Å²) in [7, 11) is -2.58. The van der Waals surface area contributed by atoms with Crippen molar-refractivity contribution in [2.24, 2.45) is 0 Å². The summed E-state index contributed by atoms with van der Waals surface area (Å²) in [6.45, 7) is -0.184. The van der Waals surface area contributed by atoms with Crippen molar-refractivity contribution in [1.82, 2.24) is 15.2 Å². The monoisotopic (exact) mass is 576 g/mol. The number of benzene rings is 1. The number of ether oxygens (including phenoxy) is 1. The van der Waals surface area contributed by atoms with Gasteiger partial charge in [0, 0.05) is 18.8 Å². The topological polar surface area (TPSA) is 129 Å². The maximum absolute atomic E-state index is 14.1. The molecule has 1 aromatic carbocycles. The molecular weight excluding hydrogens is 551 g/mol. The Labute approximate surface area is 231 Å². The van der Waals surface area contributed by atoms with Crippen LogP contribution in [0.4, 0.5) is 0 Å². The first-order valence-electron chi connectivity index (χ1n) is 12.3. The van der Waals surface area contributed by atoms with E-state index in [1.807, 2.05) is 0 Å². The number of aromatic nitrogens is 1. The minimum Gasteiger partial charge on any atom is -0.497 e. The first kappa shape index (κ1) is 26.7. The van der Waals surface area contributed by atoms with Gasteiger partial charge in [0.05, 0.1) is 44.5 Å². The summed E-state index contributed by atoms with van der Waals surface area (Å²) in [4.78, 5) is 33.2. The fourth-order valence-electron chi connectivity index (χ4n) is 5.27. The van der Waals surface area contributed by atoms with Crippen LogP contribution in [0.1, 0.15) is 44.2 Å². The predicted octanol–water partition coefficient (Wildman–Crippen LogP) is 3.43. The molecule has 1 aliphatic heterocycles. The zero-order chi connectivity index (χ0) is 27.3. The Hall–Kier alpha value is -2.87. The Balaban J connectivity index is 1.49. The van der Waals surface area contributed by atoms with Gasteiger partial charge in [0.15, 0.2) is 9.84 Å². The van der Waals surface area contributed by atoms with Crippen LogP contribution in [0.3, 0.4) is 0 Å². The highest BCUT2D eigenvalue weighted by Gasteiger charge is 2.56. The number of methoxy groups -OCH3 is 1. The van der Waals surface area contributed by atoms with Crippen LogP contribution < -0.4 is 10.1 Å². The van der Waals surface area contributed by atoms with Crippen LogP contribution in [0.25, 0.3) is 0 Å². The van der Waals surface area contributed by atoms with Gasteiger partial charge in [-0.1, -0.05) is 29.6 Å². The van der Waals surface area contributed by atoms with Crippen LogP contribution in [0.15, 0.2) is 41.4 Å². The molecule has 3 aliphatic rings. The van der Waals surface area contributed by atoms with Gasteiger partial charge >= 0.3 is 0 Å². The fraction of sp³-hybridized carbons (Fsp3) is 0.462. The number of sulfone groups is 1. The van der Waals surface area contributed by atoms with Crippen LogP contribution in [0.2, 0.25) is 10.0 Å². The lowest BCUT2D eigenvalue weighted by atomic mass is 9.65. The molecule has 2 heterocycles. The molecule has 0 radical (unpaired) electrons. The molecule has 0 bridgehead atoms. The number of halogens is 2. The van der Waals surface area contributed by atoms with Crippen LogP contribution >= 0.6 is 23.2 Å². The zero-order valence-corrected chi connectivity index (χ0v) is 22.9. The molecule has 1 aromatic heterocycles. The number of carbonyl (C=O) groups excluding carboxylic acids is 2. The van der Waals surface area contributed by atoms with E-state index < -0.39 is 38.0 Å². The van der Waals surface area contributed by atoms with Crippen LogP contribution in [0, 0.1) is 11.3 Å². The summed E-state index contributed by atoms with van der Waals surface area (Å²) in [5.74, 6) is -0.475. The second-order valence-electron chi connectivity index (χ2n) is 10.2. The van der Waals surface area contributed by atoms with E-state index in [0.29, 0.717) is 42.1 Å².